The van der Waals surface area contributed by atoms with E-state index in [1.54, 1.807) is 6.07 Å². The van der Waals surface area contributed by atoms with Gasteiger partial charge in [0.15, 0.2) is 0 Å². The van der Waals surface area contributed by atoms with E-state index in [-0.39, 0.29) is 18.5 Å². The Bertz CT molecular complexity index is 474. The molecule has 1 N–H and O–H groups in total. The molecular formula is C18H25FO2. The number of halogens is 1. The highest BCUT2D eigenvalue weighted by atomic mass is 19.1. The van der Waals surface area contributed by atoms with Gasteiger partial charge in [0.05, 0.1) is 12.7 Å². The number of unbranched alkanes of at least 4 members (excludes halogenated alkanes) is 3. The second-order valence-electron chi connectivity index (χ2n) is 5.23. The zero-order chi connectivity index (χ0) is 15.5. The van der Waals surface area contributed by atoms with Crippen LogP contribution in [0.1, 0.15) is 57.1 Å². The van der Waals surface area contributed by atoms with Crippen LogP contribution in [-0.2, 0) is 11.3 Å². The summed E-state index contributed by atoms with van der Waals surface area (Å²) in [5.41, 5.74) is 1.44. The average molecular weight is 292 g/mol. The fourth-order valence-electron chi connectivity index (χ4n) is 2.10. The van der Waals surface area contributed by atoms with Gasteiger partial charge in [-0.1, -0.05) is 50.5 Å². The maximum absolute atomic E-state index is 13.2. The van der Waals surface area contributed by atoms with Crippen molar-refractivity contribution in [2.75, 3.05) is 6.61 Å². The van der Waals surface area contributed by atoms with Crippen molar-refractivity contribution >= 4 is 0 Å². The van der Waals surface area contributed by atoms with E-state index < -0.39 is 0 Å². The van der Waals surface area contributed by atoms with E-state index in [1.807, 2.05) is 0 Å². The molecule has 0 saturated carbocycles. The molecule has 3 heteroatoms. The van der Waals surface area contributed by atoms with Crippen LogP contribution in [0.4, 0.5) is 4.39 Å². The SMILES string of the molecule is CCCCCCC(C)OCc1ccc(F)cc1C#CCO. The van der Waals surface area contributed by atoms with E-state index in [4.69, 9.17) is 9.84 Å². The average Bonchev–Trinajstić information content (AvgIpc) is 2.48. The normalized spacial score (nSPS) is 11.8. The molecule has 2 nitrogen and oxygen atoms in total. The standard InChI is InChI=1S/C18H25FO2/c1-3-4-5-6-8-15(2)21-14-17-10-11-18(19)13-16(17)9-7-12-20/h10-11,13,15,20H,3-6,8,12,14H2,1-2H3. The molecular weight excluding hydrogens is 267 g/mol. The molecule has 0 fully saturated rings. The van der Waals surface area contributed by atoms with E-state index in [2.05, 4.69) is 25.7 Å². The van der Waals surface area contributed by atoms with Crippen LogP contribution in [0.2, 0.25) is 0 Å². The summed E-state index contributed by atoms with van der Waals surface area (Å²) in [6.45, 7) is 4.45. The Kier molecular flexibility index (Phi) is 8.73. The summed E-state index contributed by atoms with van der Waals surface area (Å²) in [6.07, 6.45) is 6.15. The second kappa shape index (κ2) is 10.4. The molecule has 0 amide bonds. The van der Waals surface area contributed by atoms with Gasteiger partial charge in [0.2, 0.25) is 0 Å². The lowest BCUT2D eigenvalue weighted by Crippen LogP contribution is -2.09. The van der Waals surface area contributed by atoms with E-state index in [0.29, 0.717) is 12.2 Å². The van der Waals surface area contributed by atoms with Crippen molar-refractivity contribution in [1.29, 1.82) is 0 Å². The number of aliphatic hydroxyl groups excluding tert-OH is 1. The molecule has 1 atom stereocenters. The van der Waals surface area contributed by atoms with Crippen LogP contribution in [0.5, 0.6) is 0 Å². The summed E-state index contributed by atoms with van der Waals surface area (Å²) < 4.78 is 19.1. The van der Waals surface area contributed by atoms with Crippen molar-refractivity contribution in [3.8, 4) is 11.8 Å². The predicted molar refractivity (Wildman–Crippen MR) is 83.4 cm³/mol. The third-order valence-electron chi connectivity index (χ3n) is 3.36. The molecule has 1 aromatic rings. The number of hydrogen-bond acceptors (Lipinski definition) is 2. The van der Waals surface area contributed by atoms with Gasteiger partial charge in [-0.15, -0.1) is 0 Å². The highest BCUT2D eigenvalue weighted by Crippen LogP contribution is 2.14. The lowest BCUT2D eigenvalue weighted by atomic mass is 10.1. The highest BCUT2D eigenvalue weighted by Gasteiger charge is 2.06. The van der Waals surface area contributed by atoms with Crippen molar-refractivity contribution in [3.63, 3.8) is 0 Å². The number of hydrogen-bond donors (Lipinski definition) is 1. The smallest absolute Gasteiger partial charge is 0.124 e. The Morgan fingerprint density at radius 1 is 1.29 bits per heavy atom. The van der Waals surface area contributed by atoms with E-state index in [1.165, 1.54) is 37.8 Å². The van der Waals surface area contributed by atoms with Crippen LogP contribution in [0, 0.1) is 17.7 Å². The summed E-state index contributed by atoms with van der Waals surface area (Å²) >= 11 is 0. The number of ether oxygens (including phenoxy) is 1. The van der Waals surface area contributed by atoms with Crippen LogP contribution < -0.4 is 0 Å². The van der Waals surface area contributed by atoms with Crippen molar-refractivity contribution in [2.45, 2.75) is 58.7 Å². The molecule has 1 rings (SSSR count). The van der Waals surface area contributed by atoms with Gasteiger partial charge in [-0.2, -0.15) is 0 Å². The highest BCUT2D eigenvalue weighted by molar-refractivity contribution is 5.41. The van der Waals surface area contributed by atoms with Crippen molar-refractivity contribution in [3.05, 3.63) is 35.1 Å². The third-order valence-corrected chi connectivity index (χ3v) is 3.36. The Labute approximate surface area is 127 Å². The van der Waals surface area contributed by atoms with Crippen molar-refractivity contribution in [2.24, 2.45) is 0 Å². The molecule has 0 spiro atoms. The first-order valence-corrected chi connectivity index (χ1v) is 7.67. The number of benzene rings is 1. The fraction of sp³-hybridized carbons (Fsp3) is 0.556. The van der Waals surface area contributed by atoms with Gasteiger partial charge in [-0.25, -0.2) is 4.39 Å². The van der Waals surface area contributed by atoms with Gasteiger partial charge < -0.3 is 9.84 Å². The molecule has 1 unspecified atom stereocenters. The summed E-state index contributed by atoms with van der Waals surface area (Å²) in [6, 6.07) is 4.49. The first-order valence-electron chi connectivity index (χ1n) is 7.67. The minimum Gasteiger partial charge on any atom is -0.384 e. The largest absolute Gasteiger partial charge is 0.384 e. The minimum absolute atomic E-state index is 0.186. The molecule has 0 saturated heterocycles. The molecule has 0 aromatic heterocycles. The molecule has 116 valence electrons. The Hall–Kier alpha value is -1.37. The maximum atomic E-state index is 13.2. The lowest BCUT2D eigenvalue weighted by molar-refractivity contribution is 0.0457. The molecule has 0 heterocycles. The Morgan fingerprint density at radius 3 is 2.81 bits per heavy atom. The molecule has 0 radical (unpaired) electrons. The summed E-state index contributed by atoms with van der Waals surface area (Å²) in [7, 11) is 0. The first kappa shape index (κ1) is 17.7. The predicted octanol–water partition coefficient (Wildman–Crippen LogP) is 4.05. The van der Waals surface area contributed by atoms with Crippen molar-refractivity contribution in [1.82, 2.24) is 0 Å². The lowest BCUT2D eigenvalue weighted by Gasteiger charge is -2.14. The first-order chi connectivity index (χ1) is 10.2. The molecule has 0 aliphatic carbocycles. The number of aliphatic hydroxyl groups is 1. The Morgan fingerprint density at radius 2 is 2.10 bits per heavy atom. The second-order valence-corrected chi connectivity index (χ2v) is 5.23. The van der Waals surface area contributed by atoms with Crippen LogP contribution in [0.25, 0.3) is 0 Å². The third kappa shape index (κ3) is 7.27. The molecule has 0 bridgehead atoms. The quantitative estimate of drug-likeness (QED) is 0.578. The molecule has 21 heavy (non-hydrogen) atoms. The number of rotatable bonds is 8. The van der Waals surface area contributed by atoms with Gasteiger partial charge >= 0.3 is 0 Å². The summed E-state index contributed by atoms with van der Waals surface area (Å²) in [5.74, 6) is 4.99. The maximum Gasteiger partial charge on any atom is 0.124 e. The molecule has 0 aliphatic heterocycles. The zero-order valence-electron chi connectivity index (χ0n) is 13.0. The van der Waals surface area contributed by atoms with E-state index in [9.17, 15) is 4.39 Å². The fourth-order valence-corrected chi connectivity index (χ4v) is 2.10. The molecule has 1 aromatic carbocycles. The molecule has 0 aliphatic rings. The summed E-state index contributed by atoms with van der Waals surface area (Å²) in [4.78, 5) is 0. The van der Waals surface area contributed by atoms with E-state index >= 15 is 0 Å². The van der Waals surface area contributed by atoms with Gasteiger partial charge in [-0.3, -0.25) is 0 Å². The van der Waals surface area contributed by atoms with Gasteiger partial charge in [0.25, 0.3) is 0 Å². The van der Waals surface area contributed by atoms with Crippen LogP contribution in [0.3, 0.4) is 0 Å². The minimum atomic E-state index is -0.325. The Balaban J connectivity index is 2.50. The van der Waals surface area contributed by atoms with Crippen LogP contribution >= 0.6 is 0 Å². The van der Waals surface area contributed by atoms with Crippen LogP contribution in [0.15, 0.2) is 18.2 Å². The van der Waals surface area contributed by atoms with E-state index in [0.717, 1.165) is 12.0 Å². The monoisotopic (exact) mass is 292 g/mol. The summed E-state index contributed by atoms with van der Waals surface area (Å²) in [5, 5.41) is 8.75. The van der Waals surface area contributed by atoms with Gasteiger partial charge in [0, 0.05) is 5.56 Å². The topological polar surface area (TPSA) is 29.5 Å². The van der Waals surface area contributed by atoms with Gasteiger partial charge in [0.1, 0.15) is 12.4 Å². The van der Waals surface area contributed by atoms with Gasteiger partial charge in [-0.05, 0) is 31.0 Å². The van der Waals surface area contributed by atoms with Crippen LogP contribution in [-0.4, -0.2) is 17.8 Å². The van der Waals surface area contributed by atoms with Crippen molar-refractivity contribution < 1.29 is 14.2 Å². The zero-order valence-corrected chi connectivity index (χ0v) is 13.0.